The number of hydrogen-bond acceptors (Lipinski definition) is 4. The zero-order valence-electron chi connectivity index (χ0n) is 23.3. The highest BCUT2D eigenvalue weighted by atomic mass is 35.5. The summed E-state index contributed by atoms with van der Waals surface area (Å²) in [5.74, 6) is -1.65. The molecule has 43 heavy (non-hydrogen) atoms. The highest BCUT2D eigenvalue weighted by molar-refractivity contribution is 7.92. The molecular weight excluding hydrogens is 612 g/mol. The molecule has 224 valence electrons. The molecule has 0 radical (unpaired) electrons. The summed E-state index contributed by atoms with van der Waals surface area (Å²) >= 11 is 12.6. The SMILES string of the molecule is CCNC(=O)[C@@H](Cc1ccccc1)N(Cc1ccc(Cl)cc1Cl)C(=O)CN(c1ccccc1)S(=O)(=O)c1ccc(F)cc1. The van der Waals surface area contributed by atoms with Gasteiger partial charge < -0.3 is 10.2 Å². The van der Waals surface area contributed by atoms with Gasteiger partial charge in [0.05, 0.1) is 10.6 Å². The number of halogens is 3. The van der Waals surface area contributed by atoms with Crippen LogP contribution in [0.4, 0.5) is 10.1 Å². The number of nitrogens with one attached hydrogen (secondary N) is 1. The van der Waals surface area contributed by atoms with Gasteiger partial charge in [-0.3, -0.25) is 13.9 Å². The van der Waals surface area contributed by atoms with Crippen molar-refractivity contribution in [2.75, 3.05) is 17.4 Å². The third kappa shape index (κ3) is 8.13. The van der Waals surface area contributed by atoms with Crippen LogP contribution in [0, 0.1) is 5.82 Å². The van der Waals surface area contributed by atoms with Crippen molar-refractivity contribution in [1.29, 1.82) is 0 Å². The Labute approximate surface area is 260 Å². The molecule has 0 unspecified atom stereocenters. The van der Waals surface area contributed by atoms with Crippen molar-refractivity contribution in [2.24, 2.45) is 0 Å². The van der Waals surface area contributed by atoms with E-state index in [4.69, 9.17) is 23.2 Å². The van der Waals surface area contributed by atoms with Crippen LogP contribution in [0.3, 0.4) is 0 Å². The summed E-state index contributed by atoms with van der Waals surface area (Å²) in [4.78, 5) is 28.9. The molecule has 4 aromatic carbocycles. The van der Waals surface area contributed by atoms with Crippen LogP contribution >= 0.6 is 23.2 Å². The van der Waals surface area contributed by atoms with Crippen LogP contribution in [0.1, 0.15) is 18.1 Å². The standard InChI is InChI=1S/C32H30Cl2FN3O4S/c1-2-36-32(40)30(19-23-9-5-3-6-10-23)37(21-24-13-14-25(33)20-29(24)34)31(39)22-38(27-11-7-4-8-12-27)43(41,42)28-17-15-26(35)16-18-28/h3-18,20,30H,2,19,21-22H2,1H3,(H,36,40)/t30-/m1/s1. The predicted molar refractivity (Wildman–Crippen MR) is 167 cm³/mol. The highest BCUT2D eigenvalue weighted by Gasteiger charge is 2.34. The zero-order valence-corrected chi connectivity index (χ0v) is 25.6. The third-order valence-corrected chi connectivity index (χ3v) is 9.08. The first kappa shape index (κ1) is 32.0. The maximum atomic E-state index is 14.3. The average molecular weight is 643 g/mol. The van der Waals surface area contributed by atoms with E-state index in [0.29, 0.717) is 22.2 Å². The third-order valence-electron chi connectivity index (χ3n) is 6.70. The Balaban J connectivity index is 1.79. The number of amides is 2. The first-order chi connectivity index (χ1) is 20.6. The number of hydrogen-bond donors (Lipinski definition) is 1. The van der Waals surface area contributed by atoms with Gasteiger partial charge in [0.2, 0.25) is 11.8 Å². The maximum absolute atomic E-state index is 14.3. The van der Waals surface area contributed by atoms with Crippen LogP contribution in [-0.2, 0) is 32.6 Å². The first-order valence-electron chi connectivity index (χ1n) is 13.5. The van der Waals surface area contributed by atoms with Crippen LogP contribution in [0.15, 0.2) is 108 Å². The van der Waals surface area contributed by atoms with Crippen molar-refractivity contribution in [3.8, 4) is 0 Å². The Morgan fingerprint density at radius 2 is 1.51 bits per heavy atom. The predicted octanol–water partition coefficient (Wildman–Crippen LogP) is 6.10. The van der Waals surface area contributed by atoms with Crippen LogP contribution in [0.25, 0.3) is 0 Å². The molecule has 0 bridgehead atoms. The molecule has 1 atom stereocenters. The second-order valence-electron chi connectivity index (χ2n) is 9.66. The normalized spacial score (nSPS) is 11.9. The van der Waals surface area contributed by atoms with Crippen LogP contribution in [0.2, 0.25) is 10.0 Å². The summed E-state index contributed by atoms with van der Waals surface area (Å²) < 4.78 is 42.3. The molecular formula is C32H30Cl2FN3O4S. The molecule has 0 saturated carbocycles. The van der Waals surface area contributed by atoms with Crippen LogP contribution in [-0.4, -0.2) is 44.3 Å². The monoisotopic (exact) mass is 641 g/mol. The number of likely N-dealkylation sites (N-methyl/N-ethyl adjacent to an activating group) is 1. The summed E-state index contributed by atoms with van der Waals surface area (Å²) in [6, 6.07) is 25.5. The van der Waals surface area contributed by atoms with Crippen molar-refractivity contribution in [3.63, 3.8) is 0 Å². The van der Waals surface area contributed by atoms with E-state index in [0.717, 1.165) is 34.1 Å². The number of benzene rings is 4. The van der Waals surface area contributed by atoms with Crippen molar-refractivity contribution in [2.45, 2.75) is 30.8 Å². The van der Waals surface area contributed by atoms with Gasteiger partial charge in [0.25, 0.3) is 10.0 Å². The highest BCUT2D eigenvalue weighted by Crippen LogP contribution is 2.27. The zero-order chi connectivity index (χ0) is 31.0. The molecule has 1 N–H and O–H groups in total. The van der Waals surface area contributed by atoms with Gasteiger partial charge in [-0.15, -0.1) is 0 Å². The minimum absolute atomic E-state index is 0.0945. The quantitative estimate of drug-likeness (QED) is 0.202. The lowest BCUT2D eigenvalue weighted by Crippen LogP contribution is -2.53. The molecule has 11 heteroatoms. The molecule has 0 saturated heterocycles. The largest absolute Gasteiger partial charge is 0.355 e. The van der Waals surface area contributed by atoms with E-state index in [-0.39, 0.29) is 23.5 Å². The summed E-state index contributed by atoms with van der Waals surface area (Å²) in [5, 5.41) is 3.49. The van der Waals surface area contributed by atoms with Gasteiger partial charge in [-0.05, 0) is 66.6 Å². The van der Waals surface area contributed by atoms with Crippen molar-refractivity contribution in [1.82, 2.24) is 10.2 Å². The van der Waals surface area contributed by atoms with Gasteiger partial charge in [0.1, 0.15) is 18.4 Å². The lowest BCUT2D eigenvalue weighted by molar-refractivity contribution is -0.140. The van der Waals surface area contributed by atoms with Crippen molar-refractivity contribution in [3.05, 3.63) is 130 Å². The summed E-state index contributed by atoms with van der Waals surface area (Å²) in [5.41, 5.74) is 1.55. The minimum Gasteiger partial charge on any atom is -0.355 e. The molecule has 0 aliphatic heterocycles. The maximum Gasteiger partial charge on any atom is 0.264 e. The lowest BCUT2D eigenvalue weighted by atomic mass is 10.0. The summed E-state index contributed by atoms with van der Waals surface area (Å²) in [6.45, 7) is 1.36. The molecule has 0 aliphatic rings. The second kappa shape index (κ2) is 14.5. The molecule has 0 fully saturated rings. The average Bonchev–Trinajstić information content (AvgIpc) is 2.99. The number of carbonyl (C=O) groups excluding carboxylic acids is 2. The molecule has 4 aromatic rings. The smallest absolute Gasteiger partial charge is 0.264 e. The minimum atomic E-state index is -4.33. The number of nitrogens with zero attached hydrogens (tertiary/aromatic N) is 2. The molecule has 0 aliphatic carbocycles. The van der Waals surface area contributed by atoms with E-state index in [1.807, 2.05) is 30.3 Å². The summed E-state index contributed by atoms with van der Waals surface area (Å²) in [7, 11) is -4.33. The number of carbonyl (C=O) groups is 2. The lowest BCUT2D eigenvalue weighted by Gasteiger charge is -2.34. The van der Waals surface area contributed by atoms with Gasteiger partial charge >= 0.3 is 0 Å². The van der Waals surface area contributed by atoms with E-state index in [2.05, 4.69) is 5.32 Å². The topological polar surface area (TPSA) is 86.8 Å². The fourth-order valence-corrected chi connectivity index (χ4v) is 6.42. The Morgan fingerprint density at radius 1 is 0.884 bits per heavy atom. The van der Waals surface area contributed by atoms with Crippen molar-refractivity contribution >= 4 is 50.7 Å². The van der Waals surface area contributed by atoms with Gasteiger partial charge in [0, 0.05) is 29.6 Å². The number of sulfonamides is 1. The van der Waals surface area contributed by atoms with Crippen LogP contribution < -0.4 is 9.62 Å². The molecule has 0 aromatic heterocycles. The fraction of sp³-hybridized carbons (Fsp3) is 0.188. The Morgan fingerprint density at radius 3 is 2.12 bits per heavy atom. The Hall–Kier alpha value is -3.92. The van der Waals surface area contributed by atoms with Crippen LogP contribution in [0.5, 0.6) is 0 Å². The number of anilines is 1. The summed E-state index contributed by atoms with van der Waals surface area (Å²) in [6.07, 6.45) is 0.166. The molecule has 0 heterocycles. The second-order valence-corrected chi connectivity index (χ2v) is 12.4. The first-order valence-corrected chi connectivity index (χ1v) is 15.7. The van der Waals surface area contributed by atoms with E-state index in [9.17, 15) is 22.4 Å². The molecule has 7 nitrogen and oxygen atoms in total. The Bertz CT molecular complexity index is 1660. The van der Waals surface area contributed by atoms with E-state index < -0.39 is 40.2 Å². The van der Waals surface area contributed by atoms with Gasteiger partial charge in [-0.2, -0.15) is 0 Å². The van der Waals surface area contributed by atoms with Crippen molar-refractivity contribution < 1.29 is 22.4 Å². The molecule has 4 rings (SSSR count). The fourth-order valence-electron chi connectivity index (χ4n) is 4.54. The Kier molecular flexibility index (Phi) is 10.8. The van der Waals surface area contributed by atoms with Gasteiger partial charge in [-0.1, -0.05) is 77.8 Å². The number of rotatable bonds is 12. The van der Waals surface area contributed by atoms with E-state index >= 15 is 0 Å². The number of para-hydroxylation sites is 1. The molecule has 0 spiro atoms. The van der Waals surface area contributed by atoms with Gasteiger partial charge in [-0.25, -0.2) is 12.8 Å². The van der Waals surface area contributed by atoms with E-state index in [1.165, 1.54) is 11.0 Å². The van der Waals surface area contributed by atoms with Gasteiger partial charge in [0.15, 0.2) is 0 Å². The van der Waals surface area contributed by atoms with E-state index in [1.54, 1.807) is 49.4 Å². The molecule has 2 amide bonds.